The minimum atomic E-state index is -4.61. The number of carbonyl (C=O) groups is 1. The number of hydrogen-bond donors (Lipinski definition) is 1. The van der Waals surface area contributed by atoms with Crippen LogP contribution in [0.4, 0.5) is 18.9 Å². The van der Waals surface area contributed by atoms with E-state index < -0.39 is 17.6 Å². The summed E-state index contributed by atoms with van der Waals surface area (Å²) in [5.74, 6) is 5.51. The van der Waals surface area contributed by atoms with Crippen molar-refractivity contribution < 1.29 is 18.0 Å². The molecule has 0 unspecified atom stereocenters. The van der Waals surface area contributed by atoms with Gasteiger partial charge in [-0.15, -0.1) is 0 Å². The maximum Gasteiger partial charge on any atom is 0.416 e. The number of carbonyl (C=O) groups excluding carboxylic acids is 1. The van der Waals surface area contributed by atoms with Crippen LogP contribution in [0.1, 0.15) is 46.6 Å². The van der Waals surface area contributed by atoms with Crippen molar-refractivity contribution in [2.45, 2.75) is 33.5 Å². The maximum atomic E-state index is 13.7. The molecular weight excluding hydrogens is 527 g/mol. The quantitative estimate of drug-likeness (QED) is 0.184. The lowest BCUT2D eigenvalue weighted by Gasteiger charge is -2.14. The van der Waals surface area contributed by atoms with Crippen LogP contribution in [-0.2, 0) is 12.7 Å². The number of benzene rings is 2. The fraction of sp³-hybridized carbons (Fsp3) is 0.219. The lowest BCUT2D eigenvalue weighted by Crippen LogP contribution is -2.14. The van der Waals surface area contributed by atoms with Crippen LogP contribution in [0, 0.1) is 18.8 Å². The van der Waals surface area contributed by atoms with E-state index in [0.717, 1.165) is 29.0 Å². The van der Waals surface area contributed by atoms with Crippen molar-refractivity contribution >= 4 is 17.3 Å². The van der Waals surface area contributed by atoms with Gasteiger partial charge in [0.05, 0.1) is 17.6 Å². The molecule has 0 aliphatic heterocycles. The minimum Gasteiger partial charge on any atom is -0.322 e. The summed E-state index contributed by atoms with van der Waals surface area (Å²) in [6.07, 6.45) is 5.42. The third-order valence-corrected chi connectivity index (χ3v) is 5.74. The molecule has 1 N–H and O–H groups in total. The zero-order valence-electron chi connectivity index (χ0n) is 23.7. The first-order valence-corrected chi connectivity index (χ1v) is 12.7. The summed E-state index contributed by atoms with van der Waals surface area (Å²) in [6.45, 7) is 9.69. The van der Waals surface area contributed by atoms with Gasteiger partial charge in [0.25, 0.3) is 5.91 Å². The molecule has 41 heavy (non-hydrogen) atoms. The number of aliphatic imine (C=N–C) groups is 1. The third-order valence-electron chi connectivity index (χ3n) is 5.74. The molecule has 0 bridgehead atoms. The predicted octanol–water partition coefficient (Wildman–Crippen LogP) is 6.97. The molecule has 0 aliphatic carbocycles. The van der Waals surface area contributed by atoms with Gasteiger partial charge in [0, 0.05) is 52.7 Å². The highest BCUT2D eigenvalue weighted by Gasteiger charge is 2.31. The molecule has 212 valence electrons. The fourth-order valence-corrected chi connectivity index (χ4v) is 3.65. The topological polar surface area (TPSA) is 62.5 Å². The molecule has 1 heterocycles. The number of amides is 1. The predicted molar refractivity (Wildman–Crippen MR) is 158 cm³/mol. The van der Waals surface area contributed by atoms with E-state index in [1.165, 1.54) is 17.0 Å². The molecule has 0 atom stereocenters. The molecular formula is C32H32F3N5O. The molecule has 9 heteroatoms. The van der Waals surface area contributed by atoms with Crippen LogP contribution in [0.25, 0.3) is 5.69 Å². The summed E-state index contributed by atoms with van der Waals surface area (Å²) in [5.41, 5.74) is 3.29. The number of allylic oxidation sites excluding steroid dienone is 4. The van der Waals surface area contributed by atoms with Gasteiger partial charge in [-0.3, -0.25) is 9.79 Å². The number of halogens is 3. The third kappa shape index (κ3) is 9.19. The van der Waals surface area contributed by atoms with Crippen molar-refractivity contribution in [3.63, 3.8) is 0 Å². The summed E-state index contributed by atoms with van der Waals surface area (Å²) >= 11 is 0. The second-order valence-corrected chi connectivity index (χ2v) is 9.69. The number of aromatic nitrogens is 2. The smallest absolute Gasteiger partial charge is 0.322 e. The van der Waals surface area contributed by atoms with Gasteiger partial charge in [-0.25, -0.2) is 4.98 Å². The zero-order valence-corrected chi connectivity index (χ0v) is 23.7. The normalized spacial score (nSPS) is 12.4. The van der Waals surface area contributed by atoms with Crippen LogP contribution in [0.3, 0.4) is 0 Å². The second-order valence-electron chi connectivity index (χ2n) is 9.69. The van der Waals surface area contributed by atoms with Gasteiger partial charge in [-0.1, -0.05) is 36.6 Å². The summed E-state index contributed by atoms with van der Waals surface area (Å²) in [4.78, 5) is 23.6. The van der Waals surface area contributed by atoms with E-state index in [-0.39, 0.29) is 16.9 Å². The van der Waals surface area contributed by atoms with Crippen molar-refractivity contribution in [3.05, 3.63) is 113 Å². The van der Waals surface area contributed by atoms with E-state index in [1.807, 2.05) is 45.8 Å². The van der Waals surface area contributed by atoms with E-state index in [4.69, 9.17) is 0 Å². The Labute approximate surface area is 238 Å². The SMILES string of the molecule is C=C\C=C/C(C)=N/C=C(\C)C#Cc1cc(C(=O)Nc2cc(-n3cnc(CN(C)C)c3)cc(C(F)(F)F)c2)ccc1C. The van der Waals surface area contributed by atoms with E-state index in [9.17, 15) is 18.0 Å². The summed E-state index contributed by atoms with van der Waals surface area (Å²) < 4.78 is 42.7. The van der Waals surface area contributed by atoms with Gasteiger partial charge >= 0.3 is 6.18 Å². The molecule has 0 saturated heterocycles. The molecule has 0 saturated carbocycles. The number of alkyl halides is 3. The number of anilines is 1. The zero-order chi connectivity index (χ0) is 30.2. The van der Waals surface area contributed by atoms with Crippen molar-refractivity contribution in [3.8, 4) is 17.5 Å². The lowest BCUT2D eigenvalue weighted by atomic mass is 10.0. The Morgan fingerprint density at radius 3 is 2.63 bits per heavy atom. The van der Waals surface area contributed by atoms with Crippen LogP contribution >= 0.6 is 0 Å². The monoisotopic (exact) mass is 559 g/mol. The van der Waals surface area contributed by atoms with Gasteiger partial charge in [-0.05, 0) is 76.8 Å². The number of nitrogens with zero attached hydrogens (tertiary/aromatic N) is 4. The molecule has 2 aromatic carbocycles. The highest BCUT2D eigenvalue weighted by molar-refractivity contribution is 6.04. The largest absolute Gasteiger partial charge is 0.416 e. The number of imidazole rings is 1. The molecule has 3 aromatic rings. The van der Waals surface area contributed by atoms with Crippen molar-refractivity contribution in [2.75, 3.05) is 19.4 Å². The Morgan fingerprint density at radius 1 is 1.20 bits per heavy atom. The van der Waals surface area contributed by atoms with E-state index in [1.54, 1.807) is 42.7 Å². The minimum absolute atomic E-state index is 0.00778. The van der Waals surface area contributed by atoms with E-state index in [0.29, 0.717) is 17.8 Å². The summed E-state index contributed by atoms with van der Waals surface area (Å²) in [6, 6.07) is 8.38. The molecule has 1 aromatic heterocycles. The highest BCUT2D eigenvalue weighted by atomic mass is 19.4. The fourth-order valence-electron chi connectivity index (χ4n) is 3.65. The lowest BCUT2D eigenvalue weighted by molar-refractivity contribution is -0.137. The molecule has 0 fully saturated rings. The van der Waals surface area contributed by atoms with Crippen LogP contribution in [-0.4, -0.2) is 40.2 Å². The molecule has 0 radical (unpaired) electrons. The van der Waals surface area contributed by atoms with Crippen LogP contribution < -0.4 is 5.32 Å². The van der Waals surface area contributed by atoms with Crippen molar-refractivity contribution in [1.29, 1.82) is 0 Å². The van der Waals surface area contributed by atoms with Crippen LogP contribution in [0.15, 0.2) is 90.5 Å². The van der Waals surface area contributed by atoms with Crippen molar-refractivity contribution in [1.82, 2.24) is 14.5 Å². The Bertz CT molecular complexity index is 1580. The molecule has 1 amide bonds. The average Bonchev–Trinajstić information content (AvgIpc) is 3.37. The Kier molecular flexibility index (Phi) is 10.2. The Balaban J connectivity index is 1.88. The number of aryl methyl sites for hydroxylation is 1. The summed E-state index contributed by atoms with van der Waals surface area (Å²) in [5, 5.41) is 2.61. The van der Waals surface area contributed by atoms with Gasteiger partial charge < -0.3 is 14.8 Å². The molecule has 0 spiro atoms. The number of rotatable bonds is 8. The number of hydrogen-bond acceptors (Lipinski definition) is 4. The first-order chi connectivity index (χ1) is 19.3. The van der Waals surface area contributed by atoms with E-state index in [2.05, 4.69) is 33.7 Å². The first kappa shape index (κ1) is 30.9. The highest BCUT2D eigenvalue weighted by Crippen LogP contribution is 2.33. The van der Waals surface area contributed by atoms with Gasteiger partial charge in [0.15, 0.2) is 0 Å². The Morgan fingerprint density at radius 2 is 1.95 bits per heavy atom. The standard InChI is InChI=1S/C32H32F3N5O/c1-7-8-9-24(4)36-18-22(2)10-12-25-14-26(13-11-23(25)3)31(41)38-28-15-27(32(33,34)35)16-30(17-28)40-20-29(37-21-40)19-39(5)6/h7-9,11,13-18,20-21H,1,19H2,2-6H3,(H,38,41)/b9-8-,22-18+,36-24+. The average molecular weight is 560 g/mol. The van der Waals surface area contributed by atoms with Crippen molar-refractivity contribution in [2.24, 2.45) is 4.99 Å². The van der Waals surface area contributed by atoms with E-state index >= 15 is 0 Å². The summed E-state index contributed by atoms with van der Waals surface area (Å²) in [7, 11) is 3.74. The number of nitrogens with one attached hydrogen (secondary N) is 1. The van der Waals surface area contributed by atoms with Gasteiger partial charge in [-0.2, -0.15) is 13.2 Å². The van der Waals surface area contributed by atoms with Gasteiger partial charge in [0.2, 0.25) is 0 Å². The van der Waals surface area contributed by atoms with Crippen LogP contribution in [0.2, 0.25) is 0 Å². The Hall–Kier alpha value is -4.68. The molecule has 0 aliphatic rings. The molecule has 6 nitrogen and oxygen atoms in total. The first-order valence-electron chi connectivity index (χ1n) is 12.7. The maximum absolute atomic E-state index is 13.7. The van der Waals surface area contributed by atoms with Gasteiger partial charge in [0.1, 0.15) is 0 Å². The molecule has 3 rings (SSSR count). The van der Waals surface area contributed by atoms with Crippen LogP contribution in [0.5, 0.6) is 0 Å². The second kappa shape index (κ2) is 13.6.